The van der Waals surface area contributed by atoms with Gasteiger partial charge in [0.05, 0.1) is 6.10 Å². The molecule has 78 valence electrons. The topological polar surface area (TPSA) is 74.2 Å². The van der Waals surface area contributed by atoms with E-state index in [1.165, 1.54) is 0 Å². The highest BCUT2D eigenvalue weighted by molar-refractivity contribution is 5.29. The van der Waals surface area contributed by atoms with Gasteiger partial charge >= 0.3 is 0 Å². The summed E-state index contributed by atoms with van der Waals surface area (Å²) in [7, 11) is 0. The fourth-order valence-corrected chi connectivity index (χ4v) is 1.13. The average Bonchev–Trinajstić information content (AvgIpc) is 2.16. The molecule has 1 aromatic heterocycles. The van der Waals surface area contributed by atoms with E-state index in [9.17, 15) is 0 Å². The molecule has 0 saturated carbocycles. The van der Waals surface area contributed by atoms with Crippen LogP contribution in [-0.2, 0) is 0 Å². The van der Waals surface area contributed by atoms with Crippen molar-refractivity contribution in [1.82, 2.24) is 4.98 Å². The molecular formula is C10H17N3O. The van der Waals surface area contributed by atoms with Crippen LogP contribution in [0.2, 0.25) is 0 Å². The first kappa shape index (κ1) is 10.9. The third-order valence-electron chi connectivity index (χ3n) is 1.80. The van der Waals surface area contributed by atoms with E-state index < -0.39 is 0 Å². The molecule has 1 rings (SSSR count). The molecule has 1 unspecified atom stereocenters. The molecule has 14 heavy (non-hydrogen) atoms. The lowest BCUT2D eigenvalue weighted by atomic mass is 10.1. The second-order valence-corrected chi connectivity index (χ2v) is 3.41. The number of pyridine rings is 1. The molecule has 0 fully saturated rings. The monoisotopic (exact) mass is 195 g/mol. The predicted molar refractivity (Wildman–Crippen MR) is 56.0 cm³/mol. The Morgan fingerprint density at radius 1 is 1.50 bits per heavy atom. The van der Waals surface area contributed by atoms with Crippen LogP contribution in [0, 0.1) is 0 Å². The largest absolute Gasteiger partial charge is 0.475 e. The third kappa shape index (κ3) is 2.68. The Labute approximate surface area is 84.3 Å². The van der Waals surface area contributed by atoms with Crippen molar-refractivity contribution < 1.29 is 4.74 Å². The zero-order chi connectivity index (χ0) is 10.6. The SMILES string of the molecule is CC(C)Oc1ncccc1C(N)CN. The number of hydrogen-bond acceptors (Lipinski definition) is 4. The van der Waals surface area contributed by atoms with Crippen molar-refractivity contribution >= 4 is 0 Å². The van der Waals surface area contributed by atoms with Gasteiger partial charge in [-0.05, 0) is 19.9 Å². The fourth-order valence-electron chi connectivity index (χ4n) is 1.13. The Morgan fingerprint density at radius 3 is 2.79 bits per heavy atom. The molecule has 0 amide bonds. The van der Waals surface area contributed by atoms with E-state index in [1.807, 2.05) is 26.0 Å². The minimum atomic E-state index is -0.211. The second-order valence-electron chi connectivity index (χ2n) is 3.41. The number of rotatable bonds is 4. The van der Waals surface area contributed by atoms with Gasteiger partial charge in [-0.15, -0.1) is 0 Å². The van der Waals surface area contributed by atoms with Crippen LogP contribution in [0.1, 0.15) is 25.5 Å². The van der Waals surface area contributed by atoms with Gasteiger partial charge in [-0.3, -0.25) is 0 Å². The van der Waals surface area contributed by atoms with Crippen molar-refractivity contribution in [2.45, 2.75) is 26.0 Å². The molecule has 0 radical (unpaired) electrons. The summed E-state index contributed by atoms with van der Waals surface area (Å²) in [5, 5.41) is 0. The molecule has 0 bridgehead atoms. The smallest absolute Gasteiger partial charge is 0.218 e. The molecule has 1 atom stereocenters. The Kier molecular flexibility index (Phi) is 3.85. The predicted octanol–water partition coefficient (Wildman–Crippen LogP) is 0.827. The summed E-state index contributed by atoms with van der Waals surface area (Å²) in [4.78, 5) is 4.13. The highest BCUT2D eigenvalue weighted by Gasteiger charge is 2.12. The summed E-state index contributed by atoms with van der Waals surface area (Å²) in [5.74, 6) is 0.584. The highest BCUT2D eigenvalue weighted by atomic mass is 16.5. The van der Waals surface area contributed by atoms with E-state index in [-0.39, 0.29) is 12.1 Å². The van der Waals surface area contributed by atoms with Crippen LogP contribution in [0.5, 0.6) is 5.88 Å². The van der Waals surface area contributed by atoms with Gasteiger partial charge in [0.2, 0.25) is 5.88 Å². The lowest BCUT2D eigenvalue weighted by Gasteiger charge is -2.15. The van der Waals surface area contributed by atoms with Gasteiger partial charge in [-0.2, -0.15) is 0 Å². The van der Waals surface area contributed by atoms with Gasteiger partial charge in [0.15, 0.2) is 0 Å². The maximum Gasteiger partial charge on any atom is 0.218 e. The van der Waals surface area contributed by atoms with Gasteiger partial charge in [-0.1, -0.05) is 6.07 Å². The van der Waals surface area contributed by atoms with Gasteiger partial charge in [0, 0.05) is 24.3 Å². The second kappa shape index (κ2) is 4.93. The fraction of sp³-hybridized carbons (Fsp3) is 0.500. The summed E-state index contributed by atoms with van der Waals surface area (Å²) in [6, 6.07) is 3.51. The van der Waals surface area contributed by atoms with Crippen LogP contribution in [0.4, 0.5) is 0 Å². The number of nitrogens with two attached hydrogens (primary N) is 2. The van der Waals surface area contributed by atoms with Crippen LogP contribution < -0.4 is 16.2 Å². The first-order valence-corrected chi connectivity index (χ1v) is 4.72. The Hall–Kier alpha value is -1.13. The maximum absolute atomic E-state index is 5.83. The highest BCUT2D eigenvalue weighted by Crippen LogP contribution is 2.20. The standard InChI is InChI=1S/C10H17N3O/c1-7(2)14-10-8(9(12)6-11)4-3-5-13-10/h3-5,7,9H,6,11-12H2,1-2H3. The molecule has 4 heteroatoms. The summed E-state index contributed by atoms with van der Waals surface area (Å²) < 4.78 is 5.52. The van der Waals surface area contributed by atoms with Gasteiger partial charge in [0.1, 0.15) is 0 Å². The maximum atomic E-state index is 5.83. The van der Waals surface area contributed by atoms with Crippen LogP contribution >= 0.6 is 0 Å². The van der Waals surface area contributed by atoms with Gasteiger partial charge < -0.3 is 16.2 Å². The van der Waals surface area contributed by atoms with Gasteiger partial charge in [0.25, 0.3) is 0 Å². The quantitative estimate of drug-likeness (QED) is 0.746. The molecule has 4 N–H and O–H groups in total. The Morgan fingerprint density at radius 2 is 2.21 bits per heavy atom. The lowest BCUT2D eigenvalue weighted by Crippen LogP contribution is -2.22. The summed E-state index contributed by atoms with van der Waals surface area (Å²) >= 11 is 0. The van der Waals surface area contributed by atoms with E-state index >= 15 is 0 Å². The van der Waals surface area contributed by atoms with Crippen molar-refractivity contribution in [3.05, 3.63) is 23.9 Å². The van der Waals surface area contributed by atoms with E-state index in [1.54, 1.807) is 6.20 Å². The molecule has 0 aliphatic heterocycles. The van der Waals surface area contributed by atoms with Crippen molar-refractivity contribution in [3.8, 4) is 5.88 Å². The molecule has 0 aliphatic carbocycles. The van der Waals surface area contributed by atoms with Crippen molar-refractivity contribution in [2.24, 2.45) is 11.5 Å². The molecule has 0 aromatic carbocycles. The zero-order valence-corrected chi connectivity index (χ0v) is 8.60. The molecule has 0 spiro atoms. The van der Waals surface area contributed by atoms with Crippen LogP contribution in [0.25, 0.3) is 0 Å². The summed E-state index contributed by atoms with van der Waals surface area (Å²) in [6.45, 7) is 4.29. The Balaban J connectivity index is 2.91. The molecule has 4 nitrogen and oxygen atoms in total. The molecule has 0 aliphatic rings. The number of aromatic nitrogens is 1. The van der Waals surface area contributed by atoms with Crippen molar-refractivity contribution in [3.63, 3.8) is 0 Å². The number of nitrogens with zero attached hydrogens (tertiary/aromatic N) is 1. The van der Waals surface area contributed by atoms with E-state index in [0.717, 1.165) is 5.56 Å². The minimum Gasteiger partial charge on any atom is -0.475 e. The van der Waals surface area contributed by atoms with Crippen LogP contribution in [-0.4, -0.2) is 17.6 Å². The third-order valence-corrected chi connectivity index (χ3v) is 1.80. The first-order valence-electron chi connectivity index (χ1n) is 4.72. The molecule has 1 heterocycles. The van der Waals surface area contributed by atoms with Crippen molar-refractivity contribution in [2.75, 3.05) is 6.54 Å². The molecule has 1 aromatic rings. The van der Waals surface area contributed by atoms with E-state index in [0.29, 0.717) is 12.4 Å². The normalized spacial score (nSPS) is 12.9. The summed E-state index contributed by atoms with van der Waals surface area (Å²) in [5.41, 5.74) is 12.2. The Bertz CT molecular complexity index is 288. The van der Waals surface area contributed by atoms with Crippen molar-refractivity contribution in [1.29, 1.82) is 0 Å². The number of hydrogen-bond donors (Lipinski definition) is 2. The zero-order valence-electron chi connectivity index (χ0n) is 8.60. The van der Waals surface area contributed by atoms with Gasteiger partial charge in [-0.25, -0.2) is 4.98 Å². The van der Waals surface area contributed by atoms with E-state index in [4.69, 9.17) is 16.2 Å². The van der Waals surface area contributed by atoms with E-state index in [2.05, 4.69) is 4.98 Å². The number of ether oxygens (including phenoxy) is 1. The summed E-state index contributed by atoms with van der Waals surface area (Å²) in [6.07, 6.45) is 1.78. The molecular weight excluding hydrogens is 178 g/mol. The van der Waals surface area contributed by atoms with Crippen LogP contribution in [0.15, 0.2) is 18.3 Å². The lowest BCUT2D eigenvalue weighted by molar-refractivity contribution is 0.229. The minimum absolute atomic E-state index is 0.0913. The van der Waals surface area contributed by atoms with Crippen LogP contribution in [0.3, 0.4) is 0 Å². The average molecular weight is 195 g/mol. The molecule has 0 saturated heterocycles. The first-order chi connectivity index (χ1) is 6.65.